The van der Waals surface area contributed by atoms with Crippen LogP contribution in [0.4, 0.5) is 0 Å². The van der Waals surface area contributed by atoms with E-state index in [0.717, 1.165) is 12.8 Å². The zero-order chi connectivity index (χ0) is 16.6. The Morgan fingerprint density at radius 1 is 0.682 bits per heavy atom. The highest BCUT2D eigenvalue weighted by Gasteiger charge is 2.21. The largest absolute Gasteiger partial charge is 0.396 e. The van der Waals surface area contributed by atoms with Crippen molar-refractivity contribution < 1.29 is 15.3 Å². The van der Waals surface area contributed by atoms with Crippen LogP contribution in [0.15, 0.2) is 0 Å². The monoisotopic (exact) mass is 316 g/mol. The van der Waals surface area contributed by atoms with Crippen molar-refractivity contribution in [3.05, 3.63) is 0 Å². The summed E-state index contributed by atoms with van der Waals surface area (Å²) in [7, 11) is 0. The highest BCUT2D eigenvalue weighted by molar-refractivity contribution is 4.72. The Balaban J connectivity index is 3.26. The zero-order valence-electron chi connectivity index (χ0n) is 15.0. The van der Waals surface area contributed by atoms with E-state index in [1.54, 1.807) is 6.92 Å². The highest BCUT2D eigenvalue weighted by Crippen LogP contribution is 2.15. The SMILES string of the molecule is CCCCCCCCCCCCCC[C@H](O)[C@@H](O)[C@@H](C)CO. The normalized spacial score (nSPS) is 15.7. The molecular formula is C19H40O3. The summed E-state index contributed by atoms with van der Waals surface area (Å²) in [4.78, 5) is 0. The van der Waals surface area contributed by atoms with Crippen LogP contribution in [0.5, 0.6) is 0 Å². The van der Waals surface area contributed by atoms with Gasteiger partial charge in [-0.05, 0) is 6.42 Å². The first kappa shape index (κ1) is 21.9. The smallest absolute Gasteiger partial charge is 0.0846 e. The molecule has 0 unspecified atom stereocenters. The van der Waals surface area contributed by atoms with E-state index in [1.807, 2.05) is 0 Å². The molecule has 0 saturated heterocycles. The lowest BCUT2D eigenvalue weighted by Gasteiger charge is -2.22. The third-order valence-electron chi connectivity index (χ3n) is 4.62. The van der Waals surface area contributed by atoms with Gasteiger partial charge in [0.2, 0.25) is 0 Å². The molecule has 0 fully saturated rings. The minimum Gasteiger partial charge on any atom is -0.396 e. The minimum absolute atomic E-state index is 0.0727. The Bertz CT molecular complexity index is 221. The minimum atomic E-state index is -0.794. The lowest BCUT2D eigenvalue weighted by atomic mass is 9.96. The lowest BCUT2D eigenvalue weighted by Crippen LogP contribution is -2.33. The first-order valence-electron chi connectivity index (χ1n) is 9.60. The number of aliphatic hydroxyl groups excluding tert-OH is 3. The number of aliphatic hydroxyl groups is 3. The maximum atomic E-state index is 9.82. The fourth-order valence-electron chi connectivity index (χ4n) is 2.85. The molecule has 3 heteroatoms. The van der Waals surface area contributed by atoms with Crippen molar-refractivity contribution in [2.75, 3.05) is 6.61 Å². The van der Waals surface area contributed by atoms with E-state index >= 15 is 0 Å². The van der Waals surface area contributed by atoms with Crippen LogP contribution < -0.4 is 0 Å². The van der Waals surface area contributed by atoms with Gasteiger partial charge in [0.25, 0.3) is 0 Å². The number of hydrogen-bond donors (Lipinski definition) is 3. The molecule has 3 atom stereocenters. The van der Waals surface area contributed by atoms with Crippen molar-refractivity contribution >= 4 is 0 Å². The van der Waals surface area contributed by atoms with E-state index in [2.05, 4.69) is 6.92 Å². The van der Waals surface area contributed by atoms with Gasteiger partial charge in [0, 0.05) is 12.5 Å². The second-order valence-corrected chi connectivity index (χ2v) is 6.90. The van der Waals surface area contributed by atoms with Crippen LogP contribution in [0.2, 0.25) is 0 Å². The van der Waals surface area contributed by atoms with Crippen molar-refractivity contribution in [2.45, 2.75) is 110 Å². The van der Waals surface area contributed by atoms with Gasteiger partial charge in [0.05, 0.1) is 12.2 Å². The topological polar surface area (TPSA) is 60.7 Å². The molecular weight excluding hydrogens is 276 g/mol. The summed E-state index contributed by atoms with van der Waals surface area (Å²) in [5, 5.41) is 28.5. The second kappa shape index (κ2) is 15.8. The molecule has 0 rings (SSSR count). The molecule has 0 heterocycles. The molecule has 0 aromatic rings. The molecule has 3 nitrogen and oxygen atoms in total. The summed E-state index contributed by atoms with van der Waals surface area (Å²) in [5.74, 6) is -0.243. The van der Waals surface area contributed by atoms with Crippen LogP contribution in [-0.2, 0) is 0 Å². The van der Waals surface area contributed by atoms with Gasteiger partial charge in [0.1, 0.15) is 0 Å². The van der Waals surface area contributed by atoms with Crippen LogP contribution in [0.1, 0.15) is 97.3 Å². The molecule has 0 aromatic heterocycles. The van der Waals surface area contributed by atoms with Gasteiger partial charge in [-0.2, -0.15) is 0 Å². The van der Waals surface area contributed by atoms with Crippen molar-refractivity contribution in [1.82, 2.24) is 0 Å². The molecule has 0 aromatic carbocycles. The molecule has 0 aliphatic rings. The Morgan fingerprint density at radius 2 is 1.09 bits per heavy atom. The van der Waals surface area contributed by atoms with E-state index in [1.165, 1.54) is 64.2 Å². The van der Waals surface area contributed by atoms with Gasteiger partial charge in [-0.15, -0.1) is 0 Å². The number of hydrogen-bond acceptors (Lipinski definition) is 3. The summed E-state index contributed by atoms with van der Waals surface area (Å²) < 4.78 is 0. The van der Waals surface area contributed by atoms with E-state index in [0.29, 0.717) is 6.42 Å². The zero-order valence-corrected chi connectivity index (χ0v) is 15.0. The molecule has 0 aliphatic carbocycles. The van der Waals surface area contributed by atoms with Crippen molar-refractivity contribution in [3.8, 4) is 0 Å². The van der Waals surface area contributed by atoms with Crippen LogP contribution in [0.25, 0.3) is 0 Å². The van der Waals surface area contributed by atoms with Crippen LogP contribution in [-0.4, -0.2) is 34.1 Å². The van der Waals surface area contributed by atoms with Gasteiger partial charge >= 0.3 is 0 Å². The van der Waals surface area contributed by atoms with E-state index in [4.69, 9.17) is 5.11 Å². The Labute approximate surface area is 138 Å². The molecule has 0 spiro atoms. The Hall–Kier alpha value is -0.120. The molecule has 0 aliphatic heterocycles. The van der Waals surface area contributed by atoms with Gasteiger partial charge < -0.3 is 15.3 Å². The molecule has 0 saturated carbocycles. The van der Waals surface area contributed by atoms with E-state index < -0.39 is 12.2 Å². The van der Waals surface area contributed by atoms with Crippen molar-refractivity contribution in [1.29, 1.82) is 0 Å². The Morgan fingerprint density at radius 3 is 1.50 bits per heavy atom. The van der Waals surface area contributed by atoms with Crippen LogP contribution >= 0.6 is 0 Å². The fraction of sp³-hybridized carbons (Fsp3) is 1.00. The first-order chi connectivity index (χ1) is 10.6. The standard InChI is InChI=1S/C19H40O3/c1-3-4-5-6-7-8-9-10-11-12-13-14-15-18(21)19(22)17(2)16-20/h17-22H,3-16H2,1-2H3/t17-,18-,19-/m0/s1. The maximum Gasteiger partial charge on any atom is 0.0846 e. The van der Waals surface area contributed by atoms with Gasteiger partial charge in [-0.3, -0.25) is 0 Å². The van der Waals surface area contributed by atoms with Gasteiger partial charge in [-0.25, -0.2) is 0 Å². The Kier molecular flexibility index (Phi) is 15.7. The third kappa shape index (κ3) is 12.4. The average molecular weight is 317 g/mol. The number of unbranched alkanes of at least 4 members (excludes halogenated alkanes) is 11. The van der Waals surface area contributed by atoms with E-state index in [-0.39, 0.29) is 12.5 Å². The third-order valence-corrected chi connectivity index (χ3v) is 4.62. The lowest BCUT2D eigenvalue weighted by molar-refractivity contribution is -0.0309. The van der Waals surface area contributed by atoms with Gasteiger partial charge in [-0.1, -0.05) is 90.9 Å². The predicted octanol–water partition coefficient (Wildman–Crippen LogP) is 4.43. The summed E-state index contributed by atoms with van der Waals surface area (Å²) >= 11 is 0. The molecule has 22 heavy (non-hydrogen) atoms. The quantitative estimate of drug-likeness (QED) is 0.369. The molecule has 134 valence electrons. The summed E-state index contributed by atoms with van der Waals surface area (Å²) in [6.07, 6.45) is 14.8. The fourth-order valence-corrected chi connectivity index (χ4v) is 2.85. The first-order valence-corrected chi connectivity index (χ1v) is 9.60. The second-order valence-electron chi connectivity index (χ2n) is 6.90. The van der Waals surface area contributed by atoms with Crippen LogP contribution in [0, 0.1) is 5.92 Å². The summed E-state index contributed by atoms with van der Waals surface area (Å²) in [6.45, 7) is 3.94. The van der Waals surface area contributed by atoms with Crippen molar-refractivity contribution in [3.63, 3.8) is 0 Å². The molecule has 0 amide bonds. The molecule has 0 radical (unpaired) electrons. The van der Waals surface area contributed by atoms with Gasteiger partial charge in [0.15, 0.2) is 0 Å². The summed E-state index contributed by atoms with van der Waals surface area (Å²) in [5.41, 5.74) is 0. The summed E-state index contributed by atoms with van der Waals surface area (Å²) in [6, 6.07) is 0. The van der Waals surface area contributed by atoms with Crippen LogP contribution in [0.3, 0.4) is 0 Å². The van der Waals surface area contributed by atoms with Crippen molar-refractivity contribution in [2.24, 2.45) is 5.92 Å². The maximum absolute atomic E-state index is 9.82. The average Bonchev–Trinajstić information content (AvgIpc) is 2.54. The predicted molar refractivity (Wildman–Crippen MR) is 94.0 cm³/mol. The highest BCUT2D eigenvalue weighted by atomic mass is 16.3. The van der Waals surface area contributed by atoms with E-state index in [9.17, 15) is 10.2 Å². The number of rotatable bonds is 16. The molecule has 3 N–H and O–H groups in total. The molecule has 0 bridgehead atoms.